The van der Waals surface area contributed by atoms with E-state index in [4.69, 9.17) is 16.9 Å². The molecule has 2 aromatic carbocycles. The van der Waals surface area contributed by atoms with Crippen LogP contribution in [0.2, 0.25) is 4.47 Å². The highest BCUT2D eigenvalue weighted by Gasteiger charge is 2.02. The Morgan fingerprint density at radius 2 is 1.91 bits per heavy atom. The first-order valence-electron chi connectivity index (χ1n) is 6.69. The van der Waals surface area contributed by atoms with Crippen molar-refractivity contribution in [2.75, 3.05) is 5.32 Å². The molecule has 0 saturated heterocycles. The molecule has 22 heavy (non-hydrogen) atoms. The number of nitrogens with one attached hydrogen (secondary N) is 1. The Balaban J connectivity index is 1.78. The Morgan fingerprint density at radius 3 is 2.64 bits per heavy atom. The summed E-state index contributed by atoms with van der Waals surface area (Å²) >= 11 is 7.30. The normalized spacial score (nSPS) is 10.2. The molecule has 0 fully saturated rings. The van der Waals surface area contributed by atoms with Crippen LogP contribution in [-0.2, 0) is 6.54 Å². The molecule has 0 atom stereocenters. The molecule has 1 N–H and O–H groups in total. The van der Waals surface area contributed by atoms with E-state index in [-0.39, 0.29) is 0 Å². The molecule has 0 aliphatic heterocycles. The Hall–Kier alpha value is -2.35. The summed E-state index contributed by atoms with van der Waals surface area (Å²) < 4.78 is 0.555. The maximum Gasteiger partial charge on any atom is 0.183 e. The number of thiazole rings is 1. The highest BCUT2D eigenvalue weighted by molar-refractivity contribution is 7.15. The molecule has 0 spiro atoms. The van der Waals surface area contributed by atoms with Crippen molar-refractivity contribution in [2.24, 2.45) is 0 Å². The summed E-state index contributed by atoms with van der Waals surface area (Å²) in [5.74, 6) is 0. The van der Waals surface area contributed by atoms with Crippen LogP contribution >= 0.6 is 22.9 Å². The van der Waals surface area contributed by atoms with Crippen molar-refractivity contribution in [1.29, 1.82) is 5.26 Å². The summed E-state index contributed by atoms with van der Waals surface area (Å²) in [5.41, 5.74) is 3.78. The third-order valence-electron chi connectivity index (χ3n) is 3.18. The summed E-state index contributed by atoms with van der Waals surface area (Å²) in [5, 5.41) is 12.4. The Morgan fingerprint density at radius 1 is 1.14 bits per heavy atom. The zero-order chi connectivity index (χ0) is 15.4. The number of hydrogen-bond acceptors (Lipinski definition) is 4. The van der Waals surface area contributed by atoms with E-state index in [1.165, 1.54) is 11.3 Å². The maximum absolute atomic E-state index is 9.00. The second kappa shape index (κ2) is 6.61. The summed E-state index contributed by atoms with van der Waals surface area (Å²) in [4.78, 5) is 5.11. The molecule has 0 amide bonds. The largest absolute Gasteiger partial charge is 0.380 e. The predicted molar refractivity (Wildman–Crippen MR) is 91.0 cm³/mol. The van der Waals surface area contributed by atoms with Crippen molar-refractivity contribution in [3.63, 3.8) is 0 Å². The van der Waals surface area contributed by atoms with Crippen molar-refractivity contribution < 1.29 is 0 Å². The van der Waals surface area contributed by atoms with Gasteiger partial charge >= 0.3 is 0 Å². The first-order valence-corrected chi connectivity index (χ1v) is 7.89. The number of aromatic nitrogens is 1. The molecule has 5 heteroatoms. The molecule has 0 radical (unpaired) electrons. The molecule has 108 valence electrons. The average molecular weight is 326 g/mol. The molecule has 0 aliphatic rings. The molecular formula is C17H12ClN3S. The number of nitriles is 1. The molecule has 1 aromatic heterocycles. The summed E-state index contributed by atoms with van der Waals surface area (Å²) in [7, 11) is 0. The topological polar surface area (TPSA) is 48.7 Å². The smallest absolute Gasteiger partial charge is 0.183 e. The fraction of sp³-hybridized carbons (Fsp3) is 0.0588. The molecular weight excluding hydrogens is 314 g/mol. The summed E-state index contributed by atoms with van der Waals surface area (Å²) in [6.07, 6.45) is 1.78. The van der Waals surface area contributed by atoms with Gasteiger partial charge in [-0.2, -0.15) is 5.26 Å². The van der Waals surface area contributed by atoms with E-state index in [1.807, 2.05) is 36.4 Å². The fourth-order valence-electron chi connectivity index (χ4n) is 2.13. The molecule has 0 saturated carbocycles. The quantitative estimate of drug-likeness (QED) is 0.738. The lowest BCUT2D eigenvalue weighted by Crippen LogP contribution is -1.97. The van der Waals surface area contributed by atoms with Crippen molar-refractivity contribution in [2.45, 2.75) is 6.54 Å². The standard InChI is InChI=1S/C17H12ClN3S/c18-17-21-11-16(22-17)10-20-15-6-2-5-14(8-15)13-4-1-3-12(7-13)9-19/h1-8,11,20H,10H2. The highest BCUT2D eigenvalue weighted by Crippen LogP contribution is 2.24. The first kappa shape index (κ1) is 14.6. The van der Waals surface area contributed by atoms with Crippen LogP contribution in [0.15, 0.2) is 54.7 Å². The Labute approximate surface area is 137 Å². The van der Waals surface area contributed by atoms with E-state index in [0.29, 0.717) is 16.6 Å². The number of nitrogens with zero attached hydrogens (tertiary/aromatic N) is 2. The van der Waals surface area contributed by atoms with Crippen molar-refractivity contribution >= 4 is 28.6 Å². The van der Waals surface area contributed by atoms with E-state index in [0.717, 1.165) is 21.7 Å². The minimum Gasteiger partial charge on any atom is -0.380 e. The third kappa shape index (κ3) is 3.45. The van der Waals surface area contributed by atoms with Crippen molar-refractivity contribution in [1.82, 2.24) is 4.98 Å². The van der Waals surface area contributed by atoms with E-state index in [2.05, 4.69) is 22.4 Å². The van der Waals surface area contributed by atoms with Gasteiger partial charge in [0.2, 0.25) is 0 Å². The number of rotatable bonds is 4. The van der Waals surface area contributed by atoms with Gasteiger partial charge in [0.1, 0.15) is 0 Å². The minimum atomic E-state index is 0.555. The van der Waals surface area contributed by atoms with Gasteiger partial charge < -0.3 is 5.32 Å². The molecule has 0 aliphatic carbocycles. The van der Waals surface area contributed by atoms with Gasteiger partial charge in [-0.05, 0) is 35.4 Å². The van der Waals surface area contributed by atoms with Gasteiger partial charge in [-0.25, -0.2) is 4.98 Å². The lowest BCUT2D eigenvalue weighted by Gasteiger charge is -2.08. The van der Waals surface area contributed by atoms with Gasteiger partial charge in [-0.1, -0.05) is 35.9 Å². The molecule has 3 aromatic rings. The zero-order valence-corrected chi connectivity index (χ0v) is 13.2. The Kier molecular flexibility index (Phi) is 4.38. The summed E-state index contributed by atoms with van der Waals surface area (Å²) in [6, 6.07) is 17.9. The molecule has 1 heterocycles. The monoisotopic (exact) mass is 325 g/mol. The predicted octanol–water partition coefficient (Wildman–Crippen LogP) is 4.95. The van der Waals surface area contributed by atoms with Gasteiger partial charge in [-0.3, -0.25) is 0 Å². The van der Waals surface area contributed by atoms with Crippen LogP contribution in [0.3, 0.4) is 0 Å². The van der Waals surface area contributed by atoms with Crippen molar-refractivity contribution in [3.8, 4) is 17.2 Å². The van der Waals surface area contributed by atoms with Gasteiger partial charge in [0, 0.05) is 16.8 Å². The molecule has 0 unspecified atom stereocenters. The fourth-order valence-corrected chi connectivity index (χ4v) is 3.05. The average Bonchev–Trinajstić information content (AvgIpc) is 2.99. The van der Waals surface area contributed by atoms with E-state index in [1.54, 1.807) is 12.3 Å². The number of halogens is 1. The van der Waals surface area contributed by atoms with Crippen LogP contribution in [0.4, 0.5) is 5.69 Å². The molecule has 0 bridgehead atoms. The first-order chi connectivity index (χ1) is 10.7. The second-order valence-corrected chi connectivity index (χ2v) is 6.40. The number of benzene rings is 2. The number of anilines is 1. The SMILES string of the molecule is N#Cc1cccc(-c2cccc(NCc3cnc(Cl)s3)c2)c1. The van der Waals surface area contributed by atoms with E-state index in [9.17, 15) is 0 Å². The van der Waals surface area contributed by atoms with E-state index >= 15 is 0 Å². The lowest BCUT2D eigenvalue weighted by molar-refractivity contribution is 1.17. The lowest BCUT2D eigenvalue weighted by atomic mass is 10.0. The number of hydrogen-bond donors (Lipinski definition) is 1. The van der Waals surface area contributed by atoms with Crippen LogP contribution in [0.1, 0.15) is 10.4 Å². The maximum atomic E-state index is 9.00. The van der Waals surface area contributed by atoms with Gasteiger partial charge in [0.05, 0.1) is 18.2 Å². The van der Waals surface area contributed by atoms with Crippen LogP contribution in [-0.4, -0.2) is 4.98 Å². The van der Waals surface area contributed by atoms with E-state index < -0.39 is 0 Å². The van der Waals surface area contributed by atoms with Gasteiger partial charge in [0.25, 0.3) is 0 Å². The highest BCUT2D eigenvalue weighted by atomic mass is 35.5. The summed E-state index contributed by atoms with van der Waals surface area (Å²) in [6.45, 7) is 0.687. The van der Waals surface area contributed by atoms with Crippen LogP contribution in [0, 0.1) is 11.3 Å². The second-order valence-electron chi connectivity index (χ2n) is 4.71. The molecule has 3 nitrogen and oxygen atoms in total. The molecule has 3 rings (SSSR count). The third-order valence-corrected chi connectivity index (χ3v) is 4.29. The van der Waals surface area contributed by atoms with Crippen molar-refractivity contribution in [3.05, 3.63) is 69.6 Å². The van der Waals surface area contributed by atoms with Gasteiger partial charge in [-0.15, -0.1) is 11.3 Å². The Bertz CT molecular complexity index is 836. The van der Waals surface area contributed by atoms with Crippen LogP contribution < -0.4 is 5.32 Å². The van der Waals surface area contributed by atoms with Crippen LogP contribution in [0.25, 0.3) is 11.1 Å². The van der Waals surface area contributed by atoms with Gasteiger partial charge in [0.15, 0.2) is 4.47 Å². The zero-order valence-electron chi connectivity index (χ0n) is 11.6. The minimum absolute atomic E-state index is 0.555. The van der Waals surface area contributed by atoms with Crippen LogP contribution in [0.5, 0.6) is 0 Å².